The molecular weight excluding hydrogens is 206 g/mol. The normalized spacial score (nSPS) is 30.8. The number of allylic oxidation sites excluding steroid dienone is 2. The van der Waals surface area contributed by atoms with Crippen molar-refractivity contribution in [1.82, 2.24) is 0 Å². The van der Waals surface area contributed by atoms with E-state index in [1.807, 2.05) is 0 Å². The molecule has 0 fully saturated rings. The van der Waals surface area contributed by atoms with E-state index in [1.54, 1.807) is 5.57 Å². The largest absolute Gasteiger partial charge is 0.289 e. The van der Waals surface area contributed by atoms with Crippen LogP contribution in [-0.4, -0.2) is 12.3 Å². The van der Waals surface area contributed by atoms with Crippen molar-refractivity contribution in [2.75, 3.05) is 6.54 Å². The fraction of sp³-hybridized carbons (Fsp3) is 0.812. The minimum atomic E-state index is 0.463. The molecule has 17 heavy (non-hydrogen) atoms. The second-order valence-corrected chi connectivity index (χ2v) is 7.00. The molecule has 1 nitrogen and oxygen atoms in total. The van der Waals surface area contributed by atoms with Gasteiger partial charge in [-0.1, -0.05) is 33.8 Å². The lowest BCUT2D eigenvalue weighted by atomic mass is 9.72. The molecule has 1 heterocycles. The molecular formula is C16H27N. The van der Waals surface area contributed by atoms with Gasteiger partial charge in [0.15, 0.2) is 0 Å². The third kappa shape index (κ3) is 3.20. The first-order chi connectivity index (χ1) is 7.97. The maximum Gasteiger partial charge on any atom is 0.0418 e. The number of hydrogen-bond donors (Lipinski definition) is 0. The van der Waals surface area contributed by atoms with E-state index in [0.717, 1.165) is 18.4 Å². The zero-order valence-electron chi connectivity index (χ0n) is 11.9. The van der Waals surface area contributed by atoms with Gasteiger partial charge in [-0.05, 0) is 54.9 Å². The van der Waals surface area contributed by atoms with Crippen LogP contribution in [-0.2, 0) is 0 Å². The highest BCUT2D eigenvalue weighted by molar-refractivity contribution is 6.00. The van der Waals surface area contributed by atoms with Gasteiger partial charge in [-0.15, -0.1) is 0 Å². The van der Waals surface area contributed by atoms with Gasteiger partial charge in [0, 0.05) is 12.3 Å². The van der Waals surface area contributed by atoms with Crippen LogP contribution in [0.1, 0.15) is 59.8 Å². The van der Waals surface area contributed by atoms with Crippen molar-refractivity contribution in [3.8, 4) is 0 Å². The first-order valence-corrected chi connectivity index (χ1v) is 7.19. The van der Waals surface area contributed by atoms with Crippen molar-refractivity contribution >= 4 is 5.71 Å². The van der Waals surface area contributed by atoms with E-state index in [9.17, 15) is 0 Å². The third-order valence-corrected chi connectivity index (χ3v) is 4.47. The Balaban J connectivity index is 1.99. The highest BCUT2D eigenvalue weighted by Gasteiger charge is 2.27. The smallest absolute Gasteiger partial charge is 0.0418 e. The second-order valence-electron chi connectivity index (χ2n) is 7.00. The standard InChI is InChI=1S/C16H27N/c1-12-5-10-15(17-11-12)13-6-8-14(9-7-13)16(2,3)4/h6,12,14H,5,7-11H2,1-4H3. The molecule has 2 unspecified atom stereocenters. The molecule has 1 aliphatic heterocycles. The summed E-state index contributed by atoms with van der Waals surface area (Å²) in [7, 11) is 0. The summed E-state index contributed by atoms with van der Waals surface area (Å²) in [6.45, 7) is 10.5. The predicted molar refractivity (Wildman–Crippen MR) is 75.6 cm³/mol. The van der Waals surface area contributed by atoms with Crippen molar-refractivity contribution < 1.29 is 0 Å². The third-order valence-electron chi connectivity index (χ3n) is 4.47. The van der Waals surface area contributed by atoms with Crippen LogP contribution in [0.5, 0.6) is 0 Å². The highest BCUT2D eigenvalue weighted by Crippen LogP contribution is 2.38. The molecule has 2 atom stereocenters. The van der Waals surface area contributed by atoms with Crippen LogP contribution < -0.4 is 0 Å². The van der Waals surface area contributed by atoms with Gasteiger partial charge < -0.3 is 0 Å². The Bertz CT molecular complexity index is 330. The minimum absolute atomic E-state index is 0.463. The van der Waals surface area contributed by atoms with Gasteiger partial charge >= 0.3 is 0 Å². The minimum Gasteiger partial charge on any atom is -0.289 e. The van der Waals surface area contributed by atoms with Crippen LogP contribution in [0.15, 0.2) is 16.6 Å². The second kappa shape index (κ2) is 4.96. The molecule has 0 aromatic heterocycles. The lowest BCUT2D eigenvalue weighted by Crippen LogP contribution is -2.24. The summed E-state index contributed by atoms with van der Waals surface area (Å²) in [5.74, 6) is 1.65. The van der Waals surface area contributed by atoms with E-state index < -0.39 is 0 Å². The zero-order valence-corrected chi connectivity index (χ0v) is 11.9. The van der Waals surface area contributed by atoms with Crippen molar-refractivity contribution in [3.05, 3.63) is 11.6 Å². The monoisotopic (exact) mass is 233 g/mol. The Morgan fingerprint density at radius 1 is 1.18 bits per heavy atom. The van der Waals surface area contributed by atoms with Crippen molar-refractivity contribution in [2.45, 2.75) is 59.8 Å². The molecule has 0 saturated carbocycles. The average molecular weight is 233 g/mol. The van der Waals surface area contributed by atoms with Gasteiger partial charge in [0.05, 0.1) is 0 Å². The molecule has 0 N–H and O–H groups in total. The van der Waals surface area contributed by atoms with Gasteiger partial charge in [0.25, 0.3) is 0 Å². The molecule has 96 valence electrons. The summed E-state index contributed by atoms with van der Waals surface area (Å²) in [5, 5.41) is 0. The molecule has 1 aliphatic carbocycles. The Hall–Kier alpha value is -0.590. The Morgan fingerprint density at radius 2 is 1.94 bits per heavy atom. The zero-order chi connectivity index (χ0) is 12.5. The van der Waals surface area contributed by atoms with Gasteiger partial charge in [-0.25, -0.2) is 0 Å². The Morgan fingerprint density at radius 3 is 2.41 bits per heavy atom. The van der Waals surface area contributed by atoms with E-state index in [4.69, 9.17) is 4.99 Å². The molecule has 0 radical (unpaired) electrons. The van der Waals surface area contributed by atoms with Gasteiger partial charge in [-0.3, -0.25) is 4.99 Å². The van der Waals surface area contributed by atoms with Crippen LogP contribution in [0.4, 0.5) is 0 Å². The molecule has 0 amide bonds. The fourth-order valence-corrected chi connectivity index (χ4v) is 2.96. The summed E-state index contributed by atoms with van der Waals surface area (Å²) in [4.78, 5) is 4.77. The molecule has 0 saturated heterocycles. The summed E-state index contributed by atoms with van der Waals surface area (Å²) < 4.78 is 0. The van der Waals surface area contributed by atoms with Gasteiger partial charge in [0.1, 0.15) is 0 Å². The van der Waals surface area contributed by atoms with Crippen molar-refractivity contribution in [3.63, 3.8) is 0 Å². The number of rotatable bonds is 1. The maximum atomic E-state index is 4.77. The van der Waals surface area contributed by atoms with Crippen molar-refractivity contribution in [2.24, 2.45) is 22.2 Å². The molecule has 2 rings (SSSR count). The maximum absolute atomic E-state index is 4.77. The molecule has 0 aromatic rings. The quantitative estimate of drug-likeness (QED) is 0.626. The van der Waals surface area contributed by atoms with Gasteiger partial charge in [0.2, 0.25) is 0 Å². The SMILES string of the molecule is CC1CCC(C2=CCC(C(C)(C)C)CC2)=NC1. The van der Waals surface area contributed by atoms with E-state index >= 15 is 0 Å². The molecule has 0 spiro atoms. The summed E-state index contributed by atoms with van der Waals surface area (Å²) in [6, 6.07) is 0. The fourth-order valence-electron chi connectivity index (χ4n) is 2.96. The first kappa shape index (κ1) is 12.9. The number of nitrogens with zero attached hydrogens (tertiary/aromatic N) is 1. The van der Waals surface area contributed by atoms with E-state index in [-0.39, 0.29) is 0 Å². The van der Waals surface area contributed by atoms with Crippen LogP contribution in [0.3, 0.4) is 0 Å². The van der Waals surface area contributed by atoms with E-state index in [1.165, 1.54) is 37.8 Å². The Kier molecular flexibility index (Phi) is 3.75. The van der Waals surface area contributed by atoms with Crippen LogP contribution in [0.2, 0.25) is 0 Å². The van der Waals surface area contributed by atoms with Crippen molar-refractivity contribution in [1.29, 1.82) is 0 Å². The number of hydrogen-bond acceptors (Lipinski definition) is 1. The van der Waals surface area contributed by atoms with E-state index in [2.05, 4.69) is 33.8 Å². The summed E-state index contributed by atoms with van der Waals surface area (Å²) >= 11 is 0. The van der Waals surface area contributed by atoms with Crippen LogP contribution >= 0.6 is 0 Å². The van der Waals surface area contributed by atoms with E-state index in [0.29, 0.717) is 5.41 Å². The lowest BCUT2D eigenvalue weighted by molar-refractivity contribution is 0.222. The lowest BCUT2D eigenvalue weighted by Gasteiger charge is -2.34. The topological polar surface area (TPSA) is 12.4 Å². The Labute approximate surface area is 106 Å². The van der Waals surface area contributed by atoms with Crippen LogP contribution in [0.25, 0.3) is 0 Å². The molecule has 0 aromatic carbocycles. The van der Waals surface area contributed by atoms with Gasteiger partial charge in [-0.2, -0.15) is 0 Å². The molecule has 0 bridgehead atoms. The molecule has 2 aliphatic rings. The van der Waals surface area contributed by atoms with Crippen LogP contribution in [0, 0.1) is 17.3 Å². The molecule has 1 heteroatoms. The summed E-state index contributed by atoms with van der Waals surface area (Å²) in [6.07, 6.45) is 8.90. The summed E-state index contributed by atoms with van der Waals surface area (Å²) in [5.41, 5.74) is 3.46. The average Bonchev–Trinajstić information content (AvgIpc) is 2.29. The number of aliphatic imine (C=N–C) groups is 1. The highest BCUT2D eigenvalue weighted by atomic mass is 14.8. The predicted octanol–water partition coefficient (Wildman–Crippen LogP) is 4.63. The first-order valence-electron chi connectivity index (χ1n) is 7.19.